The molecule has 2 aliphatic rings. The van der Waals surface area contributed by atoms with Gasteiger partial charge in [-0.1, -0.05) is 12.1 Å². The molecule has 0 aromatic heterocycles. The first-order valence-electron chi connectivity index (χ1n) is 5.36. The lowest BCUT2D eigenvalue weighted by Crippen LogP contribution is -2.12. The molecule has 1 aliphatic carbocycles. The monoisotopic (exact) mass is 189 g/mol. The third kappa shape index (κ3) is 1.30. The Morgan fingerprint density at radius 1 is 1.36 bits per heavy atom. The van der Waals surface area contributed by atoms with Crippen molar-refractivity contribution < 1.29 is 4.74 Å². The first kappa shape index (κ1) is 8.30. The van der Waals surface area contributed by atoms with Crippen molar-refractivity contribution in [1.29, 1.82) is 0 Å². The Hall–Kier alpha value is -1.02. The molecule has 3 rings (SSSR count). The largest absolute Gasteiger partial charge is 0.493 e. The van der Waals surface area contributed by atoms with Gasteiger partial charge >= 0.3 is 0 Å². The topological polar surface area (TPSA) is 35.2 Å². The predicted octanol–water partition coefficient (Wildman–Crippen LogP) is 2.03. The molecule has 0 unspecified atom stereocenters. The lowest BCUT2D eigenvalue weighted by molar-refractivity contribution is 0.356. The summed E-state index contributed by atoms with van der Waals surface area (Å²) < 4.78 is 5.47. The molecule has 1 aromatic carbocycles. The maximum Gasteiger partial charge on any atom is 0.122 e. The molecule has 1 fully saturated rings. The van der Waals surface area contributed by atoms with Gasteiger partial charge in [-0.25, -0.2) is 0 Å². The van der Waals surface area contributed by atoms with E-state index in [1.165, 1.54) is 24.0 Å². The van der Waals surface area contributed by atoms with E-state index < -0.39 is 0 Å². The molecule has 2 N–H and O–H groups in total. The molecule has 2 nitrogen and oxygen atoms in total. The van der Waals surface area contributed by atoms with Crippen LogP contribution in [0.3, 0.4) is 0 Å². The van der Waals surface area contributed by atoms with Crippen LogP contribution < -0.4 is 10.5 Å². The van der Waals surface area contributed by atoms with Gasteiger partial charge in [-0.2, -0.15) is 0 Å². The van der Waals surface area contributed by atoms with Gasteiger partial charge in [-0.3, -0.25) is 0 Å². The zero-order valence-electron chi connectivity index (χ0n) is 8.20. The minimum Gasteiger partial charge on any atom is -0.493 e. The summed E-state index contributed by atoms with van der Waals surface area (Å²) in [5.74, 6) is 1.78. The van der Waals surface area contributed by atoms with Crippen LogP contribution in [-0.2, 0) is 6.42 Å². The molecule has 14 heavy (non-hydrogen) atoms. The van der Waals surface area contributed by atoms with E-state index in [1.807, 2.05) is 0 Å². The molecule has 0 bridgehead atoms. The fourth-order valence-electron chi connectivity index (χ4n) is 2.14. The lowest BCUT2D eigenvalue weighted by atomic mass is 10.00. The van der Waals surface area contributed by atoms with Crippen LogP contribution in [0.1, 0.15) is 30.0 Å². The van der Waals surface area contributed by atoms with Gasteiger partial charge in [0.15, 0.2) is 0 Å². The van der Waals surface area contributed by atoms with Crippen LogP contribution in [0.25, 0.3) is 0 Å². The van der Waals surface area contributed by atoms with E-state index in [2.05, 4.69) is 18.2 Å². The number of hydrogen-bond acceptors (Lipinski definition) is 2. The second kappa shape index (κ2) is 2.99. The van der Waals surface area contributed by atoms with Crippen LogP contribution in [0.2, 0.25) is 0 Å². The van der Waals surface area contributed by atoms with Crippen molar-refractivity contribution in [2.75, 3.05) is 6.61 Å². The normalized spacial score (nSPS) is 21.5. The highest BCUT2D eigenvalue weighted by atomic mass is 16.5. The third-order valence-electron chi connectivity index (χ3n) is 3.23. The molecule has 0 amide bonds. The zero-order valence-corrected chi connectivity index (χ0v) is 8.20. The maximum atomic E-state index is 6.15. The van der Waals surface area contributed by atoms with E-state index in [9.17, 15) is 0 Å². The Balaban J connectivity index is 1.91. The molecular weight excluding hydrogens is 174 g/mol. The van der Waals surface area contributed by atoms with E-state index >= 15 is 0 Å². The van der Waals surface area contributed by atoms with E-state index in [4.69, 9.17) is 10.5 Å². The minimum absolute atomic E-state index is 0.251. The van der Waals surface area contributed by atoms with Gasteiger partial charge in [-0.05, 0) is 36.0 Å². The summed E-state index contributed by atoms with van der Waals surface area (Å²) in [6.45, 7) is 0.831. The van der Waals surface area contributed by atoms with Gasteiger partial charge in [0.2, 0.25) is 0 Å². The summed E-state index contributed by atoms with van der Waals surface area (Å²) in [5.41, 5.74) is 8.77. The van der Waals surface area contributed by atoms with E-state index in [1.54, 1.807) is 0 Å². The molecule has 0 spiro atoms. The lowest BCUT2D eigenvalue weighted by Gasteiger charge is -2.11. The van der Waals surface area contributed by atoms with Gasteiger partial charge in [0.05, 0.1) is 6.61 Å². The summed E-state index contributed by atoms with van der Waals surface area (Å²) in [5, 5.41) is 0. The van der Waals surface area contributed by atoms with Gasteiger partial charge in [0.25, 0.3) is 0 Å². The Kier molecular flexibility index (Phi) is 1.77. The first-order chi connectivity index (χ1) is 6.84. The molecule has 74 valence electrons. The molecule has 1 aliphatic heterocycles. The van der Waals surface area contributed by atoms with Crippen LogP contribution in [0.15, 0.2) is 18.2 Å². The zero-order chi connectivity index (χ0) is 9.54. The third-order valence-corrected chi connectivity index (χ3v) is 3.23. The Labute approximate surface area is 84.1 Å². The Bertz CT molecular complexity index is 357. The van der Waals surface area contributed by atoms with Crippen molar-refractivity contribution in [3.8, 4) is 5.75 Å². The van der Waals surface area contributed by atoms with Crippen LogP contribution >= 0.6 is 0 Å². The number of benzene rings is 1. The second-order valence-electron chi connectivity index (χ2n) is 4.33. The van der Waals surface area contributed by atoms with Crippen LogP contribution in [0, 0.1) is 5.92 Å². The summed E-state index contributed by atoms with van der Waals surface area (Å²) in [7, 11) is 0. The predicted molar refractivity (Wildman–Crippen MR) is 55.3 cm³/mol. The minimum atomic E-state index is 0.251. The SMILES string of the molecule is N[C@H](c1ccc2c(c1)CCO2)C1CC1. The van der Waals surface area contributed by atoms with Crippen LogP contribution in [0.5, 0.6) is 5.75 Å². The van der Waals surface area contributed by atoms with E-state index in [0.717, 1.165) is 24.7 Å². The number of hydrogen-bond donors (Lipinski definition) is 1. The van der Waals surface area contributed by atoms with Crippen molar-refractivity contribution in [2.45, 2.75) is 25.3 Å². The highest BCUT2D eigenvalue weighted by Crippen LogP contribution is 2.40. The standard InChI is InChI=1S/C12H15NO/c13-12(8-1-2-8)10-3-4-11-9(7-10)5-6-14-11/h3-4,7-8,12H,1-2,5-6,13H2/t12-/m0/s1. The summed E-state index contributed by atoms with van der Waals surface area (Å²) in [6.07, 6.45) is 3.64. The van der Waals surface area contributed by atoms with Crippen LogP contribution in [0.4, 0.5) is 0 Å². The van der Waals surface area contributed by atoms with Gasteiger partial charge in [0.1, 0.15) is 5.75 Å². The van der Waals surface area contributed by atoms with Gasteiger partial charge < -0.3 is 10.5 Å². The van der Waals surface area contributed by atoms with Crippen molar-refractivity contribution in [3.05, 3.63) is 29.3 Å². The molecule has 1 aromatic rings. The number of rotatable bonds is 2. The molecule has 0 saturated heterocycles. The van der Waals surface area contributed by atoms with Crippen molar-refractivity contribution in [1.82, 2.24) is 0 Å². The molecule has 2 heteroatoms. The van der Waals surface area contributed by atoms with Crippen molar-refractivity contribution in [2.24, 2.45) is 11.7 Å². The number of ether oxygens (including phenoxy) is 1. The Morgan fingerprint density at radius 3 is 3.00 bits per heavy atom. The first-order valence-corrected chi connectivity index (χ1v) is 5.36. The maximum absolute atomic E-state index is 6.15. The van der Waals surface area contributed by atoms with Crippen LogP contribution in [-0.4, -0.2) is 6.61 Å². The molecule has 1 saturated carbocycles. The molecule has 1 atom stereocenters. The van der Waals surface area contributed by atoms with Gasteiger partial charge in [0, 0.05) is 12.5 Å². The average Bonchev–Trinajstić information content (AvgIpc) is 2.95. The van der Waals surface area contributed by atoms with Crippen molar-refractivity contribution >= 4 is 0 Å². The summed E-state index contributed by atoms with van der Waals surface area (Å²) in [6, 6.07) is 6.67. The van der Waals surface area contributed by atoms with Gasteiger partial charge in [-0.15, -0.1) is 0 Å². The van der Waals surface area contributed by atoms with E-state index in [-0.39, 0.29) is 6.04 Å². The highest BCUT2D eigenvalue weighted by molar-refractivity contribution is 5.41. The number of nitrogens with two attached hydrogens (primary N) is 1. The summed E-state index contributed by atoms with van der Waals surface area (Å²) in [4.78, 5) is 0. The Morgan fingerprint density at radius 2 is 2.21 bits per heavy atom. The smallest absolute Gasteiger partial charge is 0.122 e. The highest BCUT2D eigenvalue weighted by Gasteiger charge is 2.30. The average molecular weight is 189 g/mol. The fourth-order valence-corrected chi connectivity index (χ4v) is 2.14. The molecule has 0 radical (unpaired) electrons. The van der Waals surface area contributed by atoms with Crippen molar-refractivity contribution in [3.63, 3.8) is 0 Å². The quantitative estimate of drug-likeness (QED) is 0.772. The van der Waals surface area contributed by atoms with E-state index in [0.29, 0.717) is 0 Å². The molecule has 1 heterocycles. The fraction of sp³-hybridized carbons (Fsp3) is 0.500. The second-order valence-corrected chi connectivity index (χ2v) is 4.33. The summed E-state index contributed by atoms with van der Waals surface area (Å²) >= 11 is 0. The molecular formula is C12H15NO. The number of fused-ring (bicyclic) bond motifs is 1.